The number of rotatable bonds is 7. The first kappa shape index (κ1) is 37.7. The fourth-order valence-electron chi connectivity index (χ4n) is 4.59. The van der Waals surface area contributed by atoms with Gasteiger partial charge in [-0.25, -0.2) is 0 Å². The molecule has 0 aliphatic carbocycles. The van der Waals surface area contributed by atoms with Crippen LogP contribution in [0.4, 0.5) is 0 Å². The number of hydrogen-bond donors (Lipinski definition) is 1. The van der Waals surface area contributed by atoms with Crippen LogP contribution in [-0.2, 0) is 37.4 Å². The summed E-state index contributed by atoms with van der Waals surface area (Å²) in [6.07, 6.45) is 0.589. The van der Waals surface area contributed by atoms with Gasteiger partial charge in [-0.1, -0.05) is 60.7 Å². The third-order valence-electron chi connectivity index (χ3n) is 5.77. The summed E-state index contributed by atoms with van der Waals surface area (Å²) in [6, 6.07) is 19.6. The van der Waals surface area contributed by atoms with Crippen molar-refractivity contribution >= 4 is 7.92 Å². The summed E-state index contributed by atoms with van der Waals surface area (Å²) in [5, 5.41) is 12.7. The minimum Gasteiger partial charge on any atom is -1.00 e. The number of halogens is 1. The Morgan fingerprint density at radius 3 is 1.36 bits per heavy atom. The summed E-state index contributed by atoms with van der Waals surface area (Å²) < 4.78 is 12.1. The number of methoxy groups -OCH3 is 2. The van der Waals surface area contributed by atoms with Gasteiger partial charge in [0.05, 0.1) is 16.5 Å². The van der Waals surface area contributed by atoms with E-state index in [0.29, 0.717) is 6.16 Å². The molecule has 0 spiro atoms. The largest absolute Gasteiger partial charge is 1.00 e. The fourth-order valence-corrected chi connectivity index (χ4v) is 8.85. The molecule has 0 heterocycles. The molecule has 186 valence electrons. The minimum absolute atomic E-state index is 0. The van der Waals surface area contributed by atoms with E-state index in [1.807, 2.05) is 60.7 Å². The monoisotopic (exact) mass is 532 g/mol. The van der Waals surface area contributed by atoms with Crippen molar-refractivity contribution in [2.24, 2.45) is 0 Å². The third kappa shape index (κ3) is 8.07. The predicted molar refractivity (Wildman–Crippen MR) is 132 cm³/mol. The van der Waals surface area contributed by atoms with Gasteiger partial charge >= 0.3 is 18.9 Å². The number of aliphatic hydroxyl groups is 1. The maximum absolute atomic E-state index is 12.5. The van der Waals surface area contributed by atoms with Gasteiger partial charge in [0.25, 0.3) is 0 Å². The van der Waals surface area contributed by atoms with E-state index in [-0.39, 0.29) is 65.5 Å². The summed E-state index contributed by atoms with van der Waals surface area (Å²) in [7, 11) is 2.13. The van der Waals surface area contributed by atoms with Gasteiger partial charge in [-0.15, -0.1) is 0 Å². The molecule has 2 aromatic rings. The van der Waals surface area contributed by atoms with Crippen LogP contribution in [0, 0.1) is 7.43 Å². The van der Waals surface area contributed by atoms with Gasteiger partial charge in [0.1, 0.15) is 0 Å². The van der Waals surface area contributed by atoms with E-state index in [9.17, 15) is 5.11 Å². The molecule has 1 unspecified atom stereocenters. The zero-order valence-electron chi connectivity index (χ0n) is 21.9. The Kier molecular flexibility index (Phi) is 16.7. The SMILES string of the molecule is COC(OC)(c1ccccc1)C(O)(C[PH+](C(C)(C)C)C(C)(C)C)c1ccccc1.[CH3-].[Cl-].[Li+].[Ni]. The van der Waals surface area contributed by atoms with E-state index in [1.165, 1.54) is 0 Å². The van der Waals surface area contributed by atoms with Gasteiger partial charge < -0.3 is 34.4 Å². The molecule has 0 amide bonds. The molecule has 3 nitrogen and oxygen atoms in total. The van der Waals surface area contributed by atoms with E-state index in [0.717, 1.165) is 11.1 Å². The molecule has 0 aromatic heterocycles. The van der Waals surface area contributed by atoms with Crippen molar-refractivity contribution in [1.29, 1.82) is 0 Å². The Morgan fingerprint density at radius 2 is 1.06 bits per heavy atom. The molecule has 0 aliphatic heterocycles. The molecule has 0 aliphatic rings. The summed E-state index contributed by atoms with van der Waals surface area (Å²) in [6.45, 7) is 13.7. The van der Waals surface area contributed by atoms with Crippen LogP contribution in [0.5, 0.6) is 0 Å². The molecular formula is C26H41ClLiNiO3P. The molecule has 0 fully saturated rings. The van der Waals surface area contributed by atoms with Gasteiger partial charge in [0.15, 0.2) is 5.60 Å². The summed E-state index contributed by atoms with van der Waals surface area (Å²) >= 11 is 0. The maximum atomic E-state index is 12.5. The normalized spacial score (nSPS) is 13.5. The molecule has 1 N–H and O–H groups in total. The molecule has 0 bridgehead atoms. The van der Waals surface area contributed by atoms with Crippen LogP contribution in [-0.4, -0.2) is 35.8 Å². The Hall–Kier alpha value is 0.131. The molecule has 33 heavy (non-hydrogen) atoms. The summed E-state index contributed by atoms with van der Waals surface area (Å²) in [5.41, 5.74) is 0.262. The summed E-state index contributed by atoms with van der Waals surface area (Å²) in [4.78, 5) is 0. The fraction of sp³-hybridized carbons (Fsp3) is 0.500. The smallest absolute Gasteiger partial charge is 1.00 e. The second-order valence-corrected chi connectivity index (χ2v) is 14.1. The molecule has 1 atom stereocenters. The van der Waals surface area contributed by atoms with Crippen LogP contribution in [0.25, 0.3) is 0 Å². The van der Waals surface area contributed by atoms with Crippen molar-refractivity contribution in [2.75, 3.05) is 20.4 Å². The van der Waals surface area contributed by atoms with Crippen molar-refractivity contribution in [3.8, 4) is 0 Å². The van der Waals surface area contributed by atoms with Crippen LogP contribution >= 0.6 is 7.92 Å². The maximum Gasteiger partial charge on any atom is 1.00 e. The molecule has 2 aromatic carbocycles. The standard InChI is InChI=1S/C25H37O3P.CH3.ClH.Li.Ni/c1-22(2,3)29(23(4,5)6)19-24(26,20-15-11-9-12-16-20)25(27-7,28-8)21-17-13-10-14-18-21;;;;/h9-18,26H,19H2,1-8H3;1H3;1H;;/q;-1;;+1;. The van der Waals surface area contributed by atoms with E-state index in [4.69, 9.17) is 9.47 Å². The predicted octanol–water partition coefficient (Wildman–Crippen LogP) is 0.287. The van der Waals surface area contributed by atoms with Crippen LogP contribution < -0.4 is 31.3 Å². The second kappa shape index (κ2) is 14.6. The molecule has 0 radical (unpaired) electrons. The topological polar surface area (TPSA) is 38.7 Å². The van der Waals surface area contributed by atoms with Crippen LogP contribution in [0.2, 0.25) is 0 Å². The Labute approximate surface area is 232 Å². The van der Waals surface area contributed by atoms with E-state index < -0.39 is 19.3 Å². The van der Waals surface area contributed by atoms with Crippen molar-refractivity contribution in [2.45, 2.75) is 63.2 Å². The first-order chi connectivity index (χ1) is 13.4. The van der Waals surface area contributed by atoms with Crippen LogP contribution in [0.1, 0.15) is 52.7 Å². The Balaban J connectivity index is -0.00000225. The Morgan fingerprint density at radius 1 is 0.727 bits per heavy atom. The van der Waals surface area contributed by atoms with Crippen LogP contribution in [0.15, 0.2) is 60.7 Å². The zero-order chi connectivity index (χ0) is 21.9. The number of benzene rings is 2. The van der Waals surface area contributed by atoms with Gasteiger partial charge in [0, 0.05) is 44.2 Å². The quantitative estimate of drug-likeness (QED) is 0.241. The van der Waals surface area contributed by atoms with Crippen molar-refractivity contribution in [1.82, 2.24) is 0 Å². The van der Waals surface area contributed by atoms with E-state index in [1.54, 1.807) is 14.2 Å². The molecule has 0 saturated carbocycles. The zero-order valence-corrected chi connectivity index (χ0v) is 24.7. The van der Waals surface area contributed by atoms with E-state index >= 15 is 0 Å². The average Bonchev–Trinajstić information content (AvgIpc) is 2.67. The van der Waals surface area contributed by atoms with Gasteiger partial charge in [-0.2, -0.15) is 0 Å². The van der Waals surface area contributed by atoms with Crippen molar-refractivity contribution in [3.05, 3.63) is 79.2 Å². The van der Waals surface area contributed by atoms with E-state index in [2.05, 4.69) is 41.5 Å². The minimum atomic E-state index is -1.35. The molecule has 7 heteroatoms. The van der Waals surface area contributed by atoms with Gasteiger partial charge in [-0.05, 0) is 47.1 Å². The van der Waals surface area contributed by atoms with Gasteiger partial charge in [-0.3, -0.25) is 0 Å². The molecule has 0 saturated heterocycles. The van der Waals surface area contributed by atoms with Crippen molar-refractivity contribution < 1.29 is 62.3 Å². The summed E-state index contributed by atoms with van der Waals surface area (Å²) in [5.74, 6) is -1.32. The van der Waals surface area contributed by atoms with Crippen molar-refractivity contribution in [3.63, 3.8) is 0 Å². The second-order valence-electron chi connectivity index (χ2n) is 9.77. The number of ether oxygens (including phenoxy) is 2. The number of hydrogen-bond acceptors (Lipinski definition) is 3. The van der Waals surface area contributed by atoms with Gasteiger partial charge in [0.2, 0.25) is 5.79 Å². The third-order valence-corrected chi connectivity index (χ3v) is 10.3. The Bertz CT molecular complexity index is 764. The van der Waals surface area contributed by atoms with Crippen LogP contribution in [0.3, 0.4) is 0 Å². The first-order valence-electron chi connectivity index (χ1n) is 10.2. The molecular weight excluding hydrogens is 492 g/mol. The average molecular weight is 534 g/mol. The molecule has 2 rings (SSSR count). The first-order valence-corrected chi connectivity index (χ1v) is 11.9.